The van der Waals surface area contributed by atoms with Gasteiger partial charge in [0.25, 0.3) is 5.69 Å². The zero-order chi connectivity index (χ0) is 15.5. The first-order valence-corrected chi connectivity index (χ1v) is 7.82. The molecule has 5 nitrogen and oxygen atoms in total. The van der Waals surface area contributed by atoms with Crippen molar-refractivity contribution in [2.75, 3.05) is 13.2 Å². The molecule has 0 unspecified atom stereocenters. The molecule has 0 saturated carbocycles. The maximum atomic E-state index is 10.9. The molecular weight excluding hydrogens is 302 g/mol. The lowest BCUT2D eigenvalue weighted by Gasteiger charge is -2.19. The van der Waals surface area contributed by atoms with E-state index >= 15 is 0 Å². The van der Waals surface area contributed by atoms with Crippen LogP contribution in [0.2, 0.25) is 0 Å². The van der Waals surface area contributed by atoms with Crippen LogP contribution in [0.1, 0.15) is 17.7 Å². The zero-order valence-electron chi connectivity index (χ0n) is 12.0. The number of fused-ring (bicyclic) bond motifs is 1. The number of thioether (sulfide) groups is 1. The normalized spacial score (nSPS) is 14.4. The Morgan fingerprint density at radius 3 is 2.68 bits per heavy atom. The molecule has 2 aromatic rings. The summed E-state index contributed by atoms with van der Waals surface area (Å²) in [7, 11) is 0. The molecule has 0 aliphatic carbocycles. The fourth-order valence-corrected chi connectivity index (χ4v) is 3.27. The molecule has 0 spiro atoms. The summed E-state index contributed by atoms with van der Waals surface area (Å²) in [6, 6.07) is 12.6. The molecule has 0 fully saturated rings. The number of non-ortho nitro benzene ring substituents is 1. The van der Waals surface area contributed by atoms with Gasteiger partial charge in [0.1, 0.15) is 13.2 Å². The van der Waals surface area contributed by atoms with Crippen molar-refractivity contribution in [2.45, 2.75) is 17.1 Å². The van der Waals surface area contributed by atoms with E-state index in [1.54, 1.807) is 23.9 Å². The van der Waals surface area contributed by atoms with Gasteiger partial charge in [-0.2, -0.15) is 0 Å². The highest BCUT2D eigenvalue weighted by molar-refractivity contribution is 7.99. The number of ether oxygens (including phenoxy) is 2. The summed E-state index contributed by atoms with van der Waals surface area (Å²) in [6.07, 6.45) is 0. The standard InChI is InChI=1S/C16H15NO4S/c1-11(12-3-2-4-13(9-12)17(18)19)22-14-5-6-15-16(10-14)21-8-7-20-15/h2-6,9-11H,7-8H2,1H3/t11-/m0/s1. The van der Waals surface area contributed by atoms with E-state index in [-0.39, 0.29) is 15.9 Å². The monoisotopic (exact) mass is 317 g/mol. The third kappa shape index (κ3) is 3.17. The highest BCUT2D eigenvalue weighted by Gasteiger charge is 2.15. The molecule has 0 amide bonds. The number of hydrogen-bond donors (Lipinski definition) is 0. The summed E-state index contributed by atoms with van der Waals surface area (Å²) in [5.41, 5.74) is 1.04. The van der Waals surface area contributed by atoms with Gasteiger partial charge in [-0.15, -0.1) is 11.8 Å². The number of nitrogens with zero attached hydrogens (tertiary/aromatic N) is 1. The van der Waals surface area contributed by atoms with Crippen molar-refractivity contribution in [1.29, 1.82) is 0 Å². The SMILES string of the molecule is C[C@H](Sc1ccc2c(c1)OCCO2)c1cccc([N+](=O)[O-])c1. The molecule has 0 N–H and O–H groups in total. The summed E-state index contributed by atoms with van der Waals surface area (Å²) in [4.78, 5) is 11.5. The van der Waals surface area contributed by atoms with E-state index in [1.165, 1.54) is 6.07 Å². The summed E-state index contributed by atoms with van der Waals surface area (Å²) < 4.78 is 11.1. The second-order valence-corrected chi connectivity index (χ2v) is 6.33. The summed E-state index contributed by atoms with van der Waals surface area (Å²) >= 11 is 1.63. The molecule has 0 saturated heterocycles. The summed E-state index contributed by atoms with van der Waals surface area (Å²) in [6.45, 7) is 3.16. The van der Waals surface area contributed by atoms with Gasteiger partial charge in [-0.1, -0.05) is 12.1 Å². The molecule has 0 bridgehead atoms. The van der Waals surface area contributed by atoms with Crippen LogP contribution in [0, 0.1) is 10.1 Å². The van der Waals surface area contributed by atoms with E-state index in [1.807, 2.05) is 31.2 Å². The maximum absolute atomic E-state index is 10.9. The lowest BCUT2D eigenvalue weighted by molar-refractivity contribution is -0.384. The Morgan fingerprint density at radius 1 is 1.14 bits per heavy atom. The quantitative estimate of drug-likeness (QED) is 0.480. The van der Waals surface area contributed by atoms with Crippen molar-refractivity contribution in [3.8, 4) is 11.5 Å². The minimum atomic E-state index is -0.370. The summed E-state index contributed by atoms with van der Waals surface area (Å²) in [5.74, 6) is 1.51. The number of rotatable bonds is 4. The van der Waals surface area contributed by atoms with E-state index in [4.69, 9.17) is 9.47 Å². The third-order valence-electron chi connectivity index (χ3n) is 3.38. The second kappa shape index (κ2) is 6.27. The molecule has 1 atom stereocenters. The Labute approximate surface area is 132 Å². The van der Waals surface area contributed by atoms with Crippen LogP contribution in [0.4, 0.5) is 5.69 Å². The summed E-state index contributed by atoms with van der Waals surface area (Å²) in [5, 5.41) is 11.0. The molecule has 3 rings (SSSR count). The third-order valence-corrected chi connectivity index (χ3v) is 4.53. The van der Waals surface area contributed by atoms with Crippen LogP contribution in [0.5, 0.6) is 11.5 Å². The minimum absolute atomic E-state index is 0.0995. The average molecular weight is 317 g/mol. The Kier molecular flexibility index (Phi) is 4.20. The van der Waals surface area contributed by atoms with E-state index in [9.17, 15) is 10.1 Å². The predicted molar refractivity (Wildman–Crippen MR) is 84.8 cm³/mol. The van der Waals surface area contributed by atoms with Crippen molar-refractivity contribution in [3.05, 3.63) is 58.1 Å². The van der Waals surface area contributed by atoms with E-state index in [0.29, 0.717) is 13.2 Å². The smallest absolute Gasteiger partial charge is 0.269 e. The van der Waals surface area contributed by atoms with Crippen molar-refractivity contribution in [1.82, 2.24) is 0 Å². The van der Waals surface area contributed by atoms with E-state index in [2.05, 4.69) is 0 Å². The first-order chi connectivity index (χ1) is 10.6. The van der Waals surface area contributed by atoms with Gasteiger partial charge in [-0.25, -0.2) is 0 Å². The highest BCUT2D eigenvalue weighted by Crippen LogP contribution is 2.40. The molecule has 0 aromatic heterocycles. The van der Waals surface area contributed by atoms with E-state index < -0.39 is 0 Å². The number of benzene rings is 2. The van der Waals surface area contributed by atoms with Crippen molar-refractivity contribution in [3.63, 3.8) is 0 Å². The first kappa shape index (κ1) is 14.7. The highest BCUT2D eigenvalue weighted by atomic mass is 32.2. The Balaban J connectivity index is 1.77. The second-order valence-electron chi connectivity index (χ2n) is 4.92. The number of hydrogen-bond acceptors (Lipinski definition) is 5. The van der Waals surface area contributed by atoms with Gasteiger partial charge in [0, 0.05) is 22.3 Å². The molecule has 1 heterocycles. The van der Waals surface area contributed by atoms with Gasteiger partial charge in [0.2, 0.25) is 0 Å². The number of nitro benzene ring substituents is 1. The van der Waals surface area contributed by atoms with Crippen molar-refractivity contribution >= 4 is 17.4 Å². The molecule has 1 aliphatic rings. The Hall–Kier alpha value is -2.21. The molecule has 22 heavy (non-hydrogen) atoms. The van der Waals surface area contributed by atoms with Crippen molar-refractivity contribution < 1.29 is 14.4 Å². The molecule has 6 heteroatoms. The van der Waals surface area contributed by atoms with Crippen LogP contribution < -0.4 is 9.47 Å². The lowest BCUT2D eigenvalue weighted by Crippen LogP contribution is -2.15. The van der Waals surface area contributed by atoms with Gasteiger partial charge in [0.15, 0.2) is 11.5 Å². The van der Waals surface area contributed by atoms with Gasteiger partial charge >= 0.3 is 0 Å². The van der Waals surface area contributed by atoms with Gasteiger partial charge in [0.05, 0.1) is 4.92 Å². The predicted octanol–water partition coefficient (Wildman–Crippen LogP) is 4.22. The Morgan fingerprint density at radius 2 is 1.91 bits per heavy atom. The van der Waals surface area contributed by atoms with Crippen LogP contribution in [0.15, 0.2) is 47.4 Å². The molecule has 2 aromatic carbocycles. The van der Waals surface area contributed by atoms with Gasteiger partial charge in [-0.3, -0.25) is 10.1 Å². The van der Waals surface area contributed by atoms with Crippen LogP contribution in [0.3, 0.4) is 0 Å². The van der Waals surface area contributed by atoms with Crippen LogP contribution in [-0.2, 0) is 0 Å². The fourth-order valence-electron chi connectivity index (χ4n) is 2.26. The molecule has 0 radical (unpaired) electrons. The minimum Gasteiger partial charge on any atom is -0.486 e. The van der Waals surface area contributed by atoms with Gasteiger partial charge < -0.3 is 9.47 Å². The zero-order valence-corrected chi connectivity index (χ0v) is 12.8. The van der Waals surface area contributed by atoms with Crippen LogP contribution in [-0.4, -0.2) is 18.1 Å². The average Bonchev–Trinajstić information content (AvgIpc) is 2.55. The van der Waals surface area contributed by atoms with Crippen molar-refractivity contribution in [2.24, 2.45) is 0 Å². The van der Waals surface area contributed by atoms with Crippen LogP contribution >= 0.6 is 11.8 Å². The topological polar surface area (TPSA) is 61.6 Å². The fraction of sp³-hybridized carbons (Fsp3) is 0.250. The molecule has 1 aliphatic heterocycles. The Bertz CT molecular complexity index is 704. The number of nitro groups is 1. The van der Waals surface area contributed by atoms with E-state index in [0.717, 1.165) is 22.0 Å². The van der Waals surface area contributed by atoms with Crippen LogP contribution in [0.25, 0.3) is 0 Å². The maximum Gasteiger partial charge on any atom is 0.269 e. The lowest BCUT2D eigenvalue weighted by atomic mass is 10.1. The van der Waals surface area contributed by atoms with Gasteiger partial charge in [-0.05, 0) is 30.7 Å². The molecule has 114 valence electrons. The largest absolute Gasteiger partial charge is 0.486 e. The first-order valence-electron chi connectivity index (χ1n) is 6.94. The molecular formula is C16H15NO4S.